The summed E-state index contributed by atoms with van der Waals surface area (Å²) in [5, 5.41) is 0. The van der Waals surface area contributed by atoms with Gasteiger partial charge in [0.1, 0.15) is 5.75 Å². The van der Waals surface area contributed by atoms with Crippen LogP contribution in [0.5, 0.6) is 5.75 Å². The van der Waals surface area contributed by atoms with Gasteiger partial charge >= 0.3 is 0 Å². The molecule has 2 rings (SSSR count). The van der Waals surface area contributed by atoms with E-state index in [9.17, 15) is 8.42 Å². The number of hydrogen-bond acceptors (Lipinski definition) is 3. The average Bonchev–Trinajstić information content (AvgIpc) is 2.50. The largest absolute Gasteiger partial charge is 0.494 e. The SMILES string of the molecule is CCOc1ccc(S(=O)(=O)NCCc2ccccc2C)cc1. The first-order valence-corrected chi connectivity index (χ1v) is 8.78. The average molecular weight is 319 g/mol. The van der Waals surface area contributed by atoms with Gasteiger partial charge in [0, 0.05) is 6.54 Å². The number of sulfonamides is 1. The minimum absolute atomic E-state index is 0.251. The lowest BCUT2D eigenvalue weighted by Gasteiger charge is -2.09. The van der Waals surface area contributed by atoms with Crippen molar-refractivity contribution < 1.29 is 13.2 Å². The molecule has 0 unspecified atom stereocenters. The van der Waals surface area contributed by atoms with E-state index in [-0.39, 0.29) is 4.90 Å². The maximum absolute atomic E-state index is 12.2. The first-order chi connectivity index (χ1) is 10.5. The van der Waals surface area contributed by atoms with Crippen LogP contribution in [-0.2, 0) is 16.4 Å². The highest BCUT2D eigenvalue weighted by molar-refractivity contribution is 7.89. The second-order valence-electron chi connectivity index (χ2n) is 4.98. The van der Waals surface area contributed by atoms with Crippen molar-refractivity contribution >= 4 is 10.0 Å². The number of benzene rings is 2. The minimum atomic E-state index is -3.48. The highest BCUT2D eigenvalue weighted by Gasteiger charge is 2.13. The molecule has 0 heterocycles. The van der Waals surface area contributed by atoms with Gasteiger partial charge < -0.3 is 4.74 Å². The summed E-state index contributed by atoms with van der Waals surface area (Å²) < 4.78 is 32.4. The third-order valence-electron chi connectivity index (χ3n) is 3.39. The first kappa shape index (κ1) is 16.5. The molecular formula is C17H21NO3S. The zero-order valence-electron chi connectivity index (χ0n) is 12.9. The van der Waals surface area contributed by atoms with Gasteiger partial charge in [-0.1, -0.05) is 24.3 Å². The van der Waals surface area contributed by atoms with Crippen LogP contribution in [0.2, 0.25) is 0 Å². The molecule has 2 aromatic carbocycles. The molecule has 0 bridgehead atoms. The summed E-state index contributed by atoms with van der Waals surface area (Å²) in [7, 11) is -3.48. The van der Waals surface area contributed by atoms with E-state index in [1.165, 1.54) is 5.56 Å². The molecule has 0 aliphatic rings. The Morgan fingerprint density at radius 3 is 2.36 bits per heavy atom. The van der Waals surface area contributed by atoms with Gasteiger partial charge in [0.25, 0.3) is 0 Å². The van der Waals surface area contributed by atoms with Crippen molar-refractivity contribution in [2.24, 2.45) is 0 Å². The van der Waals surface area contributed by atoms with Crippen LogP contribution in [0.25, 0.3) is 0 Å². The van der Waals surface area contributed by atoms with Crippen LogP contribution in [0.1, 0.15) is 18.1 Å². The van der Waals surface area contributed by atoms with Gasteiger partial charge in [-0.2, -0.15) is 0 Å². The zero-order chi connectivity index (χ0) is 16.0. The summed E-state index contributed by atoms with van der Waals surface area (Å²) in [6.07, 6.45) is 0.670. The molecule has 0 aliphatic heterocycles. The molecule has 0 aromatic heterocycles. The van der Waals surface area contributed by atoms with Crippen LogP contribution in [0.3, 0.4) is 0 Å². The van der Waals surface area contributed by atoms with E-state index in [2.05, 4.69) is 4.72 Å². The summed E-state index contributed by atoms with van der Waals surface area (Å²) in [6, 6.07) is 14.4. The summed E-state index contributed by atoms with van der Waals surface area (Å²) >= 11 is 0. The van der Waals surface area contributed by atoms with Crippen molar-refractivity contribution in [3.8, 4) is 5.75 Å². The Kier molecular flexibility index (Phi) is 5.57. The van der Waals surface area contributed by atoms with Crippen molar-refractivity contribution in [2.45, 2.75) is 25.2 Å². The lowest BCUT2D eigenvalue weighted by Crippen LogP contribution is -2.26. The molecule has 0 amide bonds. The zero-order valence-corrected chi connectivity index (χ0v) is 13.7. The number of ether oxygens (including phenoxy) is 1. The van der Waals surface area contributed by atoms with Crippen LogP contribution in [0.4, 0.5) is 0 Å². The molecule has 0 fully saturated rings. The van der Waals surface area contributed by atoms with Crippen molar-refractivity contribution in [2.75, 3.05) is 13.2 Å². The molecule has 0 spiro atoms. The Bertz CT molecular complexity index is 709. The highest BCUT2D eigenvalue weighted by Crippen LogP contribution is 2.16. The van der Waals surface area contributed by atoms with Crippen LogP contribution in [0, 0.1) is 6.92 Å². The van der Waals surface area contributed by atoms with E-state index in [1.54, 1.807) is 24.3 Å². The van der Waals surface area contributed by atoms with Crippen molar-refractivity contribution in [1.29, 1.82) is 0 Å². The smallest absolute Gasteiger partial charge is 0.240 e. The predicted octanol–water partition coefficient (Wildman–Crippen LogP) is 2.91. The topological polar surface area (TPSA) is 55.4 Å². The minimum Gasteiger partial charge on any atom is -0.494 e. The van der Waals surface area contributed by atoms with Gasteiger partial charge in [-0.3, -0.25) is 0 Å². The number of hydrogen-bond donors (Lipinski definition) is 1. The standard InChI is InChI=1S/C17H21NO3S/c1-3-21-16-8-10-17(11-9-16)22(19,20)18-13-12-15-7-5-4-6-14(15)2/h4-11,18H,3,12-13H2,1-2H3. The Balaban J connectivity index is 1.97. The molecular weight excluding hydrogens is 298 g/mol. The molecule has 22 heavy (non-hydrogen) atoms. The summed E-state index contributed by atoms with van der Waals surface area (Å²) in [6.45, 7) is 4.84. The van der Waals surface area contributed by atoms with Crippen LogP contribution in [-0.4, -0.2) is 21.6 Å². The summed E-state index contributed by atoms with van der Waals surface area (Å²) in [4.78, 5) is 0.251. The number of nitrogens with one attached hydrogen (secondary N) is 1. The van der Waals surface area contributed by atoms with E-state index >= 15 is 0 Å². The lowest BCUT2D eigenvalue weighted by atomic mass is 10.1. The van der Waals surface area contributed by atoms with Gasteiger partial charge in [0.15, 0.2) is 0 Å². The summed E-state index contributed by atoms with van der Waals surface area (Å²) in [5.41, 5.74) is 2.32. The summed E-state index contributed by atoms with van der Waals surface area (Å²) in [5.74, 6) is 0.668. The van der Waals surface area contributed by atoms with Crippen LogP contribution >= 0.6 is 0 Å². The van der Waals surface area contributed by atoms with E-state index in [0.717, 1.165) is 5.56 Å². The fourth-order valence-corrected chi connectivity index (χ4v) is 3.21. The molecule has 5 heteroatoms. The highest BCUT2D eigenvalue weighted by atomic mass is 32.2. The van der Waals surface area contributed by atoms with Gasteiger partial charge in [-0.15, -0.1) is 0 Å². The predicted molar refractivity (Wildman–Crippen MR) is 87.7 cm³/mol. The number of rotatable bonds is 7. The second-order valence-corrected chi connectivity index (χ2v) is 6.75. The maximum atomic E-state index is 12.2. The van der Waals surface area contributed by atoms with Crippen molar-refractivity contribution in [3.63, 3.8) is 0 Å². The van der Waals surface area contributed by atoms with Gasteiger partial charge in [-0.05, 0) is 55.7 Å². The Labute approximate surface area is 132 Å². The van der Waals surface area contributed by atoms with E-state index < -0.39 is 10.0 Å². The van der Waals surface area contributed by atoms with Crippen LogP contribution < -0.4 is 9.46 Å². The molecule has 0 saturated carbocycles. The molecule has 1 N–H and O–H groups in total. The third-order valence-corrected chi connectivity index (χ3v) is 4.87. The van der Waals surface area contributed by atoms with Crippen molar-refractivity contribution in [1.82, 2.24) is 4.72 Å². The maximum Gasteiger partial charge on any atom is 0.240 e. The Morgan fingerprint density at radius 1 is 1.05 bits per heavy atom. The molecule has 118 valence electrons. The first-order valence-electron chi connectivity index (χ1n) is 7.30. The number of aryl methyl sites for hydroxylation is 1. The molecule has 0 radical (unpaired) electrons. The monoisotopic (exact) mass is 319 g/mol. The van der Waals surface area contributed by atoms with Gasteiger partial charge in [0.2, 0.25) is 10.0 Å². The lowest BCUT2D eigenvalue weighted by molar-refractivity contribution is 0.340. The fourth-order valence-electron chi connectivity index (χ4n) is 2.18. The normalized spacial score (nSPS) is 11.4. The molecule has 0 saturated heterocycles. The van der Waals surface area contributed by atoms with Crippen LogP contribution in [0.15, 0.2) is 53.4 Å². The Hall–Kier alpha value is -1.85. The molecule has 2 aromatic rings. The van der Waals surface area contributed by atoms with E-state index in [1.807, 2.05) is 38.1 Å². The Morgan fingerprint density at radius 2 is 1.73 bits per heavy atom. The van der Waals surface area contributed by atoms with E-state index in [4.69, 9.17) is 4.74 Å². The molecule has 0 aliphatic carbocycles. The molecule has 4 nitrogen and oxygen atoms in total. The van der Waals surface area contributed by atoms with Gasteiger partial charge in [0.05, 0.1) is 11.5 Å². The third kappa shape index (κ3) is 4.32. The molecule has 0 atom stereocenters. The van der Waals surface area contributed by atoms with Gasteiger partial charge in [-0.25, -0.2) is 13.1 Å². The fraction of sp³-hybridized carbons (Fsp3) is 0.294. The quantitative estimate of drug-likeness (QED) is 0.854. The van der Waals surface area contributed by atoms with E-state index in [0.29, 0.717) is 25.3 Å². The van der Waals surface area contributed by atoms with Crippen molar-refractivity contribution in [3.05, 3.63) is 59.7 Å². The second kappa shape index (κ2) is 7.42.